The molecule has 0 saturated carbocycles. The van der Waals surface area contributed by atoms with Crippen molar-refractivity contribution in [2.75, 3.05) is 29.9 Å². The fourth-order valence-electron chi connectivity index (χ4n) is 3.67. The van der Waals surface area contributed by atoms with Crippen LogP contribution in [0.15, 0.2) is 24.4 Å². The summed E-state index contributed by atoms with van der Waals surface area (Å²) in [5.41, 5.74) is 2.82. The van der Waals surface area contributed by atoms with Crippen LogP contribution in [-0.4, -0.2) is 52.6 Å². The van der Waals surface area contributed by atoms with E-state index in [9.17, 15) is 4.79 Å². The van der Waals surface area contributed by atoms with Crippen molar-refractivity contribution in [3.05, 3.63) is 35.8 Å². The molecule has 8 nitrogen and oxygen atoms in total. The average molecular weight is 401 g/mol. The third kappa shape index (κ3) is 5.93. The van der Waals surface area contributed by atoms with E-state index in [2.05, 4.69) is 52.5 Å². The van der Waals surface area contributed by atoms with Crippen LogP contribution in [0.3, 0.4) is 0 Å². The molecule has 2 aromatic rings. The molecule has 0 bridgehead atoms. The Kier molecular flexibility index (Phi) is 6.74. The molecular formula is C21H32N6O2. The first-order valence-electron chi connectivity index (χ1n) is 10.2. The van der Waals surface area contributed by atoms with Crippen LogP contribution < -0.4 is 15.5 Å². The second-order valence-corrected chi connectivity index (χ2v) is 8.12. The summed E-state index contributed by atoms with van der Waals surface area (Å²) in [6.45, 7) is 13.2. The summed E-state index contributed by atoms with van der Waals surface area (Å²) in [6.07, 6.45) is 2.06. The van der Waals surface area contributed by atoms with E-state index in [1.165, 1.54) is 0 Å². The van der Waals surface area contributed by atoms with Crippen LogP contribution in [0, 0.1) is 19.8 Å². The van der Waals surface area contributed by atoms with Crippen molar-refractivity contribution in [1.29, 1.82) is 0 Å². The first-order chi connectivity index (χ1) is 13.8. The highest BCUT2D eigenvalue weighted by Crippen LogP contribution is 2.19. The molecule has 0 unspecified atom stereocenters. The van der Waals surface area contributed by atoms with Gasteiger partial charge in [0.2, 0.25) is 0 Å². The summed E-state index contributed by atoms with van der Waals surface area (Å²) in [5.74, 6) is 1.17. The molecular weight excluding hydrogens is 368 g/mol. The maximum absolute atomic E-state index is 12.2. The highest BCUT2D eigenvalue weighted by molar-refractivity contribution is 5.89. The number of nitrogens with one attached hydrogen (secondary N) is 2. The molecule has 8 heteroatoms. The normalized spacial score (nSPS) is 20.4. The van der Waals surface area contributed by atoms with Crippen molar-refractivity contribution in [2.24, 2.45) is 5.92 Å². The van der Waals surface area contributed by atoms with Crippen LogP contribution in [0.5, 0.6) is 0 Å². The van der Waals surface area contributed by atoms with Crippen LogP contribution >= 0.6 is 0 Å². The number of hydrogen-bond donors (Lipinski definition) is 2. The number of urea groups is 1. The van der Waals surface area contributed by atoms with Gasteiger partial charge >= 0.3 is 6.03 Å². The summed E-state index contributed by atoms with van der Waals surface area (Å²) in [6, 6.07) is 5.65. The number of ether oxygens (including phenoxy) is 1. The molecule has 2 N–H and O–H groups in total. The largest absolute Gasteiger partial charge is 0.372 e. The lowest BCUT2D eigenvalue weighted by Gasteiger charge is -2.36. The second-order valence-electron chi connectivity index (χ2n) is 8.12. The lowest BCUT2D eigenvalue weighted by atomic mass is 10.2. The van der Waals surface area contributed by atoms with Crippen LogP contribution in [0.25, 0.3) is 0 Å². The molecule has 1 aliphatic heterocycles. The summed E-state index contributed by atoms with van der Waals surface area (Å²) in [7, 11) is 0. The number of morpholine rings is 1. The zero-order chi connectivity index (χ0) is 21.0. The van der Waals surface area contributed by atoms with E-state index in [-0.39, 0.29) is 24.2 Å². The van der Waals surface area contributed by atoms with E-state index in [1.54, 1.807) is 6.20 Å². The number of hydrogen-bond acceptors (Lipinski definition) is 5. The maximum atomic E-state index is 12.2. The average Bonchev–Trinajstić information content (AvgIpc) is 2.96. The molecule has 0 aromatic carbocycles. The zero-order valence-corrected chi connectivity index (χ0v) is 18.0. The van der Waals surface area contributed by atoms with Gasteiger partial charge in [0.15, 0.2) is 0 Å². The molecule has 0 aliphatic carbocycles. The molecule has 2 aromatic heterocycles. The maximum Gasteiger partial charge on any atom is 0.319 e. The van der Waals surface area contributed by atoms with E-state index in [4.69, 9.17) is 4.74 Å². The van der Waals surface area contributed by atoms with Crippen molar-refractivity contribution in [3.63, 3.8) is 0 Å². The zero-order valence-electron chi connectivity index (χ0n) is 18.0. The highest BCUT2D eigenvalue weighted by atomic mass is 16.5. The number of carbonyl (C=O) groups is 1. The number of aromatic nitrogens is 3. The summed E-state index contributed by atoms with van der Waals surface area (Å²) in [4.78, 5) is 18.9. The fraction of sp³-hybridized carbons (Fsp3) is 0.571. The van der Waals surface area contributed by atoms with Gasteiger partial charge in [-0.25, -0.2) is 9.78 Å². The van der Waals surface area contributed by atoms with E-state index in [0.717, 1.165) is 36.8 Å². The molecule has 2 amide bonds. The Morgan fingerprint density at radius 3 is 2.59 bits per heavy atom. The van der Waals surface area contributed by atoms with Gasteiger partial charge in [0.05, 0.1) is 29.8 Å². The number of rotatable bonds is 6. The molecule has 3 atom stereocenters. The molecule has 158 valence electrons. The first-order valence-corrected chi connectivity index (χ1v) is 10.2. The molecule has 1 aliphatic rings. The van der Waals surface area contributed by atoms with Crippen LogP contribution in [0.1, 0.15) is 32.2 Å². The lowest BCUT2D eigenvalue weighted by molar-refractivity contribution is -0.00545. The van der Waals surface area contributed by atoms with Crippen molar-refractivity contribution in [1.82, 2.24) is 20.1 Å². The topological polar surface area (TPSA) is 84.3 Å². The van der Waals surface area contributed by atoms with Gasteiger partial charge in [-0.15, -0.1) is 0 Å². The molecule has 1 fully saturated rings. The van der Waals surface area contributed by atoms with Crippen LogP contribution in [0.2, 0.25) is 0 Å². The lowest BCUT2D eigenvalue weighted by Crippen LogP contribution is -2.45. The number of anilines is 2. The Morgan fingerprint density at radius 2 is 2.00 bits per heavy atom. The predicted molar refractivity (Wildman–Crippen MR) is 114 cm³/mol. The van der Waals surface area contributed by atoms with Crippen molar-refractivity contribution >= 4 is 17.5 Å². The van der Waals surface area contributed by atoms with Crippen LogP contribution in [-0.2, 0) is 11.3 Å². The second kappa shape index (κ2) is 9.26. The molecule has 3 heterocycles. The van der Waals surface area contributed by atoms with Gasteiger partial charge in [-0.2, -0.15) is 5.10 Å². The standard InChI is InChI=1S/C21H32N6O2/c1-14(11-27-16(3)8-15(2)25-27)9-23-21(28)24-19-6-7-20(22-10-19)26-12-17(4)29-18(5)13-26/h6-8,10,14,17-18H,9,11-13H2,1-5H3,(H2,23,24,28)/t14-,17-,18+/m0/s1. The van der Waals surface area contributed by atoms with E-state index in [1.807, 2.05) is 30.7 Å². The van der Waals surface area contributed by atoms with Crippen molar-refractivity contribution in [2.45, 2.75) is 53.4 Å². The molecule has 0 spiro atoms. The van der Waals surface area contributed by atoms with Gasteiger partial charge in [0.1, 0.15) is 5.82 Å². The molecule has 29 heavy (non-hydrogen) atoms. The summed E-state index contributed by atoms with van der Waals surface area (Å²) in [5, 5.41) is 10.2. The van der Waals surface area contributed by atoms with Crippen molar-refractivity contribution in [3.8, 4) is 0 Å². The van der Waals surface area contributed by atoms with Gasteiger partial charge < -0.3 is 20.3 Å². The van der Waals surface area contributed by atoms with E-state index >= 15 is 0 Å². The Bertz CT molecular complexity index is 809. The number of nitrogens with zero attached hydrogens (tertiary/aromatic N) is 4. The minimum atomic E-state index is -0.228. The highest BCUT2D eigenvalue weighted by Gasteiger charge is 2.23. The number of aryl methyl sites for hydroxylation is 2. The monoisotopic (exact) mass is 400 g/mol. The minimum Gasteiger partial charge on any atom is -0.372 e. The third-order valence-corrected chi connectivity index (χ3v) is 4.95. The van der Waals surface area contributed by atoms with Gasteiger partial charge in [0.25, 0.3) is 0 Å². The third-order valence-electron chi connectivity index (χ3n) is 4.95. The van der Waals surface area contributed by atoms with E-state index < -0.39 is 0 Å². The SMILES string of the molecule is Cc1cc(C)n(C[C@@H](C)CNC(=O)Nc2ccc(N3C[C@@H](C)O[C@@H](C)C3)nc2)n1. The Balaban J connectivity index is 1.46. The van der Waals surface area contributed by atoms with Gasteiger partial charge in [0, 0.05) is 31.9 Å². The van der Waals surface area contributed by atoms with Gasteiger partial charge in [-0.05, 0) is 51.8 Å². The number of carbonyl (C=O) groups excluding carboxylic acids is 1. The minimum absolute atomic E-state index is 0.181. The van der Waals surface area contributed by atoms with Gasteiger partial charge in [-0.3, -0.25) is 4.68 Å². The first kappa shape index (κ1) is 21.1. The van der Waals surface area contributed by atoms with Crippen LogP contribution in [0.4, 0.5) is 16.3 Å². The van der Waals surface area contributed by atoms with Gasteiger partial charge in [-0.1, -0.05) is 6.92 Å². The number of pyridine rings is 1. The fourth-order valence-corrected chi connectivity index (χ4v) is 3.67. The summed E-state index contributed by atoms with van der Waals surface area (Å²) >= 11 is 0. The number of amides is 2. The Labute approximate surface area is 172 Å². The quantitative estimate of drug-likeness (QED) is 0.779. The Morgan fingerprint density at radius 1 is 1.28 bits per heavy atom. The predicted octanol–water partition coefficient (Wildman–Crippen LogP) is 2.97. The molecule has 0 radical (unpaired) electrons. The van der Waals surface area contributed by atoms with Crippen molar-refractivity contribution < 1.29 is 9.53 Å². The Hall–Kier alpha value is -2.61. The summed E-state index contributed by atoms with van der Waals surface area (Å²) < 4.78 is 7.75. The smallest absolute Gasteiger partial charge is 0.319 e. The molecule has 1 saturated heterocycles. The van der Waals surface area contributed by atoms with E-state index in [0.29, 0.717) is 12.2 Å². The molecule has 3 rings (SSSR count).